The number of piperidine rings is 1. The van der Waals surface area contributed by atoms with Crippen LogP contribution in [0.1, 0.15) is 35.2 Å². The monoisotopic (exact) mass is 632 g/mol. The number of hydrogen-bond acceptors (Lipinski definition) is 5. The molecule has 222 valence electrons. The SMILES string of the molecule is CN(C(=O)NC(Cc1ccc(NC(=O)c2c(Cl)cccc2Cl)cc1)C(=O)O)c1ccccc1S(=O)(=O)N1CCCCC1. The summed E-state index contributed by atoms with van der Waals surface area (Å²) in [7, 11) is -2.46. The highest BCUT2D eigenvalue weighted by molar-refractivity contribution is 7.89. The highest BCUT2D eigenvalue weighted by Crippen LogP contribution is 2.29. The molecule has 3 aromatic rings. The zero-order valence-electron chi connectivity index (χ0n) is 22.7. The summed E-state index contributed by atoms with van der Waals surface area (Å²) in [6.07, 6.45) is 2.43. The molecule has 4 rings (SSSR count). The third-order valence-corrected chi connectivity index (χ3v) is 9.48. The molecule has 0 bridgehead atoms. The van der Waals surface area contributed by atoms with Gasteiger partial charge in [-0.2, -0.15) is 4.31 Å². The first-order valence-corrected chi connectivity index (χ1v) is 15.4. The Balaban J connectivity index is 1.44. The summed E-state index contributed by atoms with van der Waals surface area (Å²) in [5, 5.41) is 15.4. The van der Waals surface area contributed by atoms with Crippen molar-refractivity contribution in [1.82, 2.24) is 9.62 Å². The predicted molar refractivity (Wildman–Crippen MR) is 162 cm³/mol. The number of halogens is 2. The van der Waals surface area contributed by atoms with Crippen LogP contribution in [0.15, 0.2) is 71.6 Å². The van der Waals surface area contributed by atoms with Gasteiger partial charge in [0, 0.05) is 32.2 Å². The molecule has 1 aliphatic rings. The number of nitrogens with zero attached hydrogens (tertiary/aromatic N) is 2. The van der Waals surface area contributed by atoms with E-state index in [9.17, 15) is 27.9 Å². The molecule has 10 nitrogen and oxygen atoms in total. The molecule has 13 heteroatoms. The van der Waals surface area contributed by atoms with E-state index in [0.29, 0.717) is 24.3 Å². The molecular weight excluding hydrogens is 603 g/mol. The molecule has 1 unspecified atom stereocenters. The van der Waals surface area contributed by atoms with Gasteiger partial charge < -0.3 is 15.7 Å². The number of anilines is 2. The first-order chi connectivity index (χ1) is 20.0. The van der Waals surface area contributed by atoms with Crippen molar-refractivity contribution < 1.29 is 27.9 Å². The van der Waals surface area contributed by atoms with Gasteiger partial charge in [-0.1, -0.05) is 60.0 Å². The summed E-state index contributed by atoms with van der Waals surface area (Å²) in [6.45, 7) is 0.813. The van der Waals surface area contributed by atoms with Crippen molar-refractivity contribution in [2.45, 2.75) is 36.6 Å². The minimum absolute atomic E-state index is 0.0212. The molecule has 42 heavy (non-hydrogen) atoms. The quantitative estimate of drug-likeness (QED) is 0.294. The molecule has 1 atom stereocenters. The standard InChI is InChI=1S/C29H30Cl2N4O6S/c1-34(24-10-3-4-11-25(24)42(40,41)35-16-5-2-6-17-35)29(39)33-23(28(37)38)18-19-12-14-20(15-13-19)32-27(36)26-21(30)8-7-9-22(26)31/h3-4,7-15,23H,2,5-6,16-18H2,1H3,(H,32,36)(H,33,39)(H,37,38). The van der Waals surface area contributed by atoms with E-state index in [2.05, 4.69) is 10.6 Å². The summed E-state index contributed by atoms with van der Waals surface area (Å²) in [6, 6.07) is 15.2. The van der Waals surface area contributed by atoms with Crippen LogP contribution in [0.5, 0.6) is 0 Å². The van der Waals surface area contributed by atoms with E-state index in [1.807, 2.05) is 0 Å². The predicted octanol–water partition coefficient (Wildman–Crippen LogP) is 5.26. The van der Waals surface area contributed by atoms with E-state index in [-0.39, 0.29) is 32.6 Å². The maximum absolute atomic E-state index is 13.3. The van der Waals surface area contributed by atoms with Gasteiger partial charge in [0.25, 0.3) is 5.91 Å². The zero-order valence-corrected chi connectivity index (χ0v) is 25.0. The number of urea groups is 1. The lowest BCUT2D eigenvalue weighted by molar-refractivity contribution is -0.139. The minimum atomic E-state index is -3.85. The average Bonchev–Trinajstić information content (AvgIpc) is 2.97. The van der Waals surface area contributed by atoms with Crippen molar-refractivity contribution in [2.24, 2.45) is 0 Å². The van der Waals surface area contributed by atoms with E-state index in [4.69, 9.17) is 23.2 Å². The fraction of sp³-hybridized carbons (Fsp3) is 0.276. The van der Waals surface area contributed by atoms with E-state index >= 15 is 0 Å². The molecule has 1 heterocycles. The zero-order chi connectivity index (χ0) is 30.4. The number of carbonyl (C=O) groups excluding carboxylic acids is 2. The number of sulfonamides is 1. The van der Waals surface area contributed by atoms with Crippen molar-refractivity contribution in [1.29, 1.82) is 0 Å². The van der Waals surface area contributed by atoms with Gasteiger partial charge >= 0.3 is 12.0 Å². The lowest BCUT2D eigenvalue weighted by Crippen LogP contribution is -2.48. The molecule has 0 aromatic heterocycles. The Labute approximate surface area is 254 Å². The Morgan fingerprint density at radius 1 is 0.929 bits per heavy atom. The smallest absolute Gasteiger partial charge is 0.326 e. The van der Waals surface area contributed by atoms with E-state index in [0.717, 1.165) is 24.2 Å². The number of amides is 3. The van der Waals surface area contributed by atoms with Crippen LogP contribution in [0.25, 0.3) is 0 Å². The minimum Gasteiger partial charge on any atom is -0.480 e. The molecule has 0 spiro atoms. The molecular formula is C29H30Cl2N4O6S. The summed E-state index contributed by atoms with van der Waals surface area (Å²) in [4.78, 5) is 38.9. The van der Waals surface area contributed by atoms with Crippen LogP contribution in [0.2, 0.25) is 10.0 Å². The Hall–Kier alpha value is -3.64. The second-order valence-electron chi connectivity index (χ2n) is 9.78. The molecule has 1 fully saturated rings. The number of carbonyl (C=O) groups is 3. The number of aliphatic carboxylic acids is 1. The van der Waals surface area contributed by atoms with Gasteiger partial charge in [0.05, 0.1) is 21.3 Å². The first kappa shape index (κ1) is 31.3. The molecule has 0 saturated carbocycles. The fourth-order valence-corrected chi connectivity index (χ4v) is 6.93. The third kappa shape index (κ3) is 7.22. The van der Waals surface area contributed by atoms with Gasteiger partial charge in [0.1, 0.15) is 10.9 Å². The average molecular weight is 634 g/mol. The summed E-state index contributed by atoms with van der Waals surface area (Å²) >= 11 is 12.2. The maximum Gasteiger partial charge on any atom is 0.326 e. The van der Waals surface area contributed by atoms with Crippen LogP contribution in [-0.4, -0.2) is 61.9 Å². The normalized spacial score (nSPS) is 14.5. The van der Waals surface area contributed by atoms with Crippen LogP contribution in [0.4, 0.5) is 16.2 Å². The van der Waals surface area contributed by atoms with Crippen molar-refractivity contribution in [2.75, 3.05) is 30.4 Å². The van der Waals surface area contributed by atoms with E-state index < -0.39 is 34.0 Å². The number of para-hydroxylation sites is 1. The van der Waals surface area contributed by atoms with Crippen molar-refractivity contribution in [3.63, 3.8) is 0 Å². The molecule has 0 radical (unpaired) electrons. The second-order valence-corrected chi connectivity index (χ2v) is 12.5. The van der Waals surface area contributed by atoms with Crippen LogP contribution >= 0.6 is 23.2 Å². The molecule has 0 aliphatic carbocycles. The third-order valence-electron chi connectivity index (χ3n) is 6.90. The van der Waals surface area contributed by atoms with Crippen molar-refractivity contribution in [3.05, 3.63) is 87.9 Å². The number of rotatable bonds is 9. The maximum atomic E-state index is 13.3. The second kappa shape index (κ2) is 13.6. The Morgan fingerprint density at radius 2 is 1.55 bits per heavy atom. The molecule has 3 aromatic carbocycles. The number of hydrogen-bond donors (Lipinski definition) is 3. The van der Waals surface area contributed by atoms with Gasteiger partial charge in [0.15, 0.2) is 0 Å². The Morgan fingerprint density at radius 3 is 2.17 bits per heavy atom. The molecule has 3 N–H and O–H groups in total. The fourth-order valence-electron chi connectivity index (χ4n) is 4.62. The largest absolute Gasteiger partial charge is 0.480 e. The van der Waals surface area contributed by atoms with Gasteiger partial charge in [-0.05, 0) is 54.8 Å². The van der Waals surface area contributed by atoms with Gasteiger partial charge in [0.2, 0.25) is 10.0 Å². The van der Waals surface area contributed by atoms with Crippen LogP contribution in [0.3, 0.4) is 0 Å². The van der Waals surface area contributed by atoms with Gasteiger partial charge in [-0.3, -0.25) is 9.69 Å². The molecule has 3 amide bonds. The number of carboxylic acids is 1. The van der Waals surface area contributed by atoms with E-state index in [1.165, 1.54) is 23.5 Å². The summed E-state index contributed by atoms with van der Waals surface area (Å²) < 4.78 is 28.1. The topological polar surface area (TPSA) is 136 Å². The lowest BCUT2D eigenvalue weighted by Gasteiger charge is -2.28. The Bertz CT molecular complexity index is 1560. The number of carboxylic acid groups (broad SMARTS) is 1. The number of nitrogens with one attached hydrogen (secondary N) is 2. The van der Waals surface area contributed by atoms with Crippen LogP contribution < -0.4 is 15.5 Å². The van der Waals surface area contributed by atoms with Crippen LogP contribution in [0, 0.1) is 0 Å². The first-order valence-electron chi connectivity index (χ1n) is 13.2. The molecule has 1 aliphatic heterocycles. The summed E-state index contributed by atoms with van der Waals surface area (Å²) in [5.41, 5.74) is 1.28. The van der Waals surface area contributed by atoms with Gasteiger partial charge in [-0.15, -0.1) is 0 Å². The summed E-state index contributed by atoms with van der Waals surface area (Å²) in [5.74, 6) is -1.77. The van der Waals surface area contributed by atoms with Crippen molar-refractivity contribution >= 4 is 62.5 Å². The highest BCUT2D eigenvalue weighted by atomic mass is 35.5. The van der Waals surface area contributed by atoms with Crippen LogP contribution in [-0.2, 0) is 21.2 Å². The van der Waals surface area contributed by atoms with Gasteiger partial charge in [-0.25, -0.2) is 18.0 Å². The van der Waals surface area contributed by atoms with E-state index in [1.54, 1.807) is 54.6 Å². The highest BCUT2D eigenvalue weighted by Gasteiger charge is 2.31. The lowest BCUT2D eigenvalue weighted by atomic mass is 10.1. The van der Waals surface area contributed by atoms with Crippen molar-refractivity contribution in [3.8, 4) is 0 Å². The molecule has 1 saturated heterocycles. The number of benzene rings is 3. The Kier molecular flexibility index (Phi) is 10.1.